The molecule has 0 aromatic heterocycles. The molecule has 0 saturated carbocycles. The Morgan fingerprint density at radius 3 is 2.80 bits per heavy atom. The summed E-state index contributed by atoms with van der Waals surface area (Å²) in [6, 6.07) is 4.38. The van der Waals surface area contributed by atoms with E-state index in [1.165, 1.54) is 13.0 Å². The summed E-state index contributed by atoms with van der Waals surface area (Å²) < 4.78 is 14.4. The van der Waals surface area contributed by atoms with Gasteiger partial charge in [-0.2, -0.15) is 0 Å². The Bertz CT molecular complexity index is 512. The van der Waals surface area contributed by atoms with Gasteiger partial charge in [-0.25, -0.2) is 4.39 Å². The molecule has 0 radical (unpaired) electrons. The maximum atomic E-state index is 13.9. The van der Waals surface area contributed by atoms with E-state index in [2.05, 4.69) is 15.9 Å². The Labute approximate surface area is 126 Å². The molecule has 1 heterocycles. The van der Waals surface area contributed by atoms with Crippen molar-refractivity contribution in [2.75, 3.05) is 6.54 Å². The average molecular weight is 342 g/mol. The number of amides is 1. The van der Waals surface area contributed by atoms with Crippen LogP contribution in [0.25, 0.3) is 0 Å². The largest absolute Gasteiger partial charge is 0.335 e. The van der Waals surface area contributed by atoms with Crippen LogP contribution in [0.2, 0.25) is 0 Å². The van der Waals surface area contributed by atoms with Crippen LogP contribution in [0.1, 0.15) is 43.0 Å². The monoisotopic (exact) mass is 341 g/mol. The number of halogens is 2. The normalized spacial score (nSPS) is 18.9. The minimum absolute atomic E-state index is 0.0577. The number of Topliss-reactive ketones (excluding diaryl/α,β-unsaturated/α-hetero) is 1. The highest BCUT2D eigenvalue weighted by Gasteiger charge is 2.30. The van der Waals surface area contributed by atoms with Gasteiger partial charge in [0.1, 0.15) is 11.6 Å². The first kappa shape index (κ1) is 15.2. The van der Waals surface area contributed by atoms with Crippen molar-refractivity contribution in [2.45, 2.75) is 38.6 Å². The van der Waals surface area contributed by atoms with Gasteiger partial charge in [-0.15, -0.1) is 0 Å². The van der Waals surface area contributed by atoms with Crippen LogP contribution >= 0.6 is 15.9 Å². The van der Waals surface area contributed by atoms with Gasteiger partial charge in [0.25, 0.3) is 5.91 Å². The van der Waals surface area contributed by atoms with Gasteiger partial charge in [0.15, 0.2) is 0 Å². The molecule has 3 nitrogen and oxygen atoms in total. The van der Waals surface area contributed by atoms with E-state index in [0.717, 1.165) is 19.3 Å². The van der Waals surface area contributed by atoms with Crippen LogP contribution < -0.4 is 0 Å². The third-order valence-electron chi connectivity index (χ3n) is 3.59. The van der Waals surface area contributed by atoms with Crippen molar-refractivity contribution >= 4 is 27.6 Å². The molecule has 20 heavy (non-hydrogen) atoms. The number of nitrogens with zero attached hydrogens (tertiary/aromatic N) is 1. The van der Waals surface area contributed by atoms with E-state index in [-0.39, 0.29) is 23.3 Å². The molecule has 1 aromatic carbocycles. The summed E-state index contributed by atoms with van der Waals surface area (Å²) >= 11 is 3.23. The Morgan fingerprint density at radius 2 is 2.15 bits per heavy atom. The van der Waals surface area contributed by atoms with E-state index in [1.807, 2.05) is 0 Å². The predicted octanol–water partition coefficient (Wildman–Crippen LogP) is 3.56. The molecular formula is C15H17BrFNO2. The molecule has 1 atom stereocenters. The SMILES string of the molecule is CC(=O)CC1CCCCN1C(=O)c1c(F)cccc1Br. The van der Waals surface area contributed by atoms with Gasteiger partial charge in [0, 0.05) is 23.5 Å². The van der Waals surface area contributed by atoms with Crippen LogP contribution in [0.5, 0.6) is 0 Å². The molecule has 0 spiro atoms. The Hall–Kier alpha value is -1.23. The first-order valence-corrected chi connectivity index (χ1v) is 7.54. The molecule has 1 fully saturated rings. The number of carbonyl (C=O) groups excluding carboxylic acids is 2. The lowest BCUT2D eigenvalue weighted by Crippen LogP contribution is -2.45. The Kier molecular flexibility index (Phi) is 4.91. The van der Waals surface area contributed by atoms with Crippen LogP contribution in [0, 0.1) is 5.82 Å². The zero-order valence-electron chi connectivity index (χ0n) is 11.4. The molecule has 1 unspecified atom stereocenters. The molecule has 0 bridgehead atoms. The van der Waals surface area contributed by atoms with Crippen LogP contribution in [-0.2, 0) is 4.79 Å². The quantitative estimate of drug-likeness (QED) is 0.842. The maximum absolute atomic E-state index is 13.9. The highest BCUT2D eigenvalue weighted by atomic mass is 79.9. The summed E-state index contributed by atoms with van der Waals surface area (Å²) in [5, 5.41) is 0. The number of likely N-dealkylation sites (tertiary alicyclic amines) is 1. The van der Waals surface area contributed by atoms with Crippen molar-refractivity contribution in [3.8, 4) is 0 Å². The van der Waals surface area contributed by atoms with E-state index in [1.54, 1.807) is 17.0 Å². The average Bonchev–Trinajstić information content (AvgIpc) is 2.38. The van der Waals surface area contributed by atoms with Crippen LogP contribution in [0.15, 0.2) is 22.7 Å². The molecular weight excluding hydrogens is 325 g/mol. The van der Waals surface area contributed by atoms with Gasteiger partial charge in [0.05, 0.1) is 5.56 Å². The summed E-state index contributed by atoms with van der Waals surface area (Å²) in [6.07, 6.45) is 3.04. The lowest BCUT2D eigenvalue weighted by molar-refractivity contribution is -0.118. The van der Waals surface area contributed by atoms with Crippen LogP contribution in [0.4, 0.5) is 4.39 Å². The molecule has 1 aromatic rings. The fourth-order valence-electron chi connectivity index (χ4n) is 2.66. The van der Waals surface area contributed by atoms with Crippen molar-refractivity contribution in [1.82, 2.24) is 4.90 Å². The van der Waals surface area contributed by atoms with E-state index in [0.29, 0.717) is 17.4 Å². The van der Waals surface area contributed by atoms with E-state index < -0.39 is 5.82 Å². The Balaban J connectivity index is 2.28. The molecule has 1 amide bonds. The lowest BCUT2D eigenvalue weighted by atomic mass is 9.96. The van der Waals surface area contributed by atoms with Crippen molar-refractivity contribution in [3.63, 3.8) is 0 Å². The fraction of sp³-hybridized carbons (Fsp3) is 0.467. The van der Waals surface area contributed by atoms with Gasteiger partial charge in [0.2, 0.25) is 0 Å². The van der Waals surface area contributed by atoms with Crippen LogP contribution in [-0.4, -0.2) is 29.2 Å². The molecule has 2 rings (SSSR count). The zero-order chi connectivity index (χ0) is 14.7. The fourth-order valence-corrected chi connectivity index (χ4v) is 3.17. The summed E-state index contributed by atoms with van der Waals surface area (Å²) in [4.78, 5) is 25.6. The smallest absolute Gasteiger partial charge is 0.258 e. The molecule has 0 N–H and O–H groups in total. The highest BCUT2D eigenvalue weighted by molar-refractivity contribution is 9.10. The van der Waals surface area contributed by atoms with E-state index in [4.69, 9.17) is 0 Å². The van der Waals surface area contributed by atoms with Gasteiger partial charge in [-0.1, -0.05) is 6.07 Å². The Morgan fingerprint density at radius 1 is 1.40 bits per heavy atom. The highest BCUT2D eigenvalue weighted by Crippen LogP contribution is 2.26. The second-order valence-corrected chi connectivity index (χ2v) is 6.01. The van der Waals surface area contributed by atoms with Gasteiger partial charge in [-0.05, 0) is 54.2 Å². The number of benzene rings is 1. The molecule has 108 valence electrons. The van der Waals surface area contributed by atoms with Crippen molar-refractivity contribution in [1.29, 1.82) is 0 Å². The first-order valence-electron chi connectivity index (χ1n) is 6.75. The third-order valence-corrected chi connectivity index (χ3v) is 4.25. The van der Waals surface area contributed by atoms with Crippen molar-refractivity contribution in [3.05, 3.63) is 34.1 Å². The first-order chi connectivity index (χ1) is 9.50. The maximum Gasteiger partial charge on any atom is 0.258 e. The minimum atomic E-state index is -0.531. The summed E-state index contributed by atoms with van der Waals surface area (Å²) in [7, 11) is 0. The van der Waals surface area contributed by atoms with Crippen LogP contribution in [0.3, 0.4) is 0 Å². The zero-order valence-corrected chi connectivity index (χ0v) is 13.0. The molecule has 1 aliphatic heterocycles. The van der Waals surface area contributed by atoms with E-state index in [9.17, 15) is 14.0 Å². The van der Waals surface area contributed by atoms with Gasteiger partial charge in [-0.3, -0.25) is 9.59 Å². The van der Waals surface area contributed by atoms with E-state index >= 15 is 0 Å². The molecule has 5 heteroatoms. The topological polar surface area (TPSA) is 37.4 Å². The third kappa shape index (κ3) is 3.26. The summed E-state index contributed by atoms with van der Waals surface area (Å²) in [5.41, 5.74) is 0.0583. The second kappa shape index (κ2) is 6.48. The minimum Gasteiger partial charge on any atom is -0.335 e. The lowest BCUT2D eigenvalue weighted by Gasteiger charge is -2.35. The number of piperidine rings is 1. The predicted molar refractivity (Wildman–Crippen MR) is 78.1 cm³/mol. The number of rotatable bonds is 3. The summed E-state index contributed by atoms with van der Waals surface area (Å²) in [6.45, 7) is 2.10. The standard InChI is InChI=1S/C15H17BrFNO2/c1-10(19)9-11-5-2-3-8-18(11)15(20)14-12(16)6-4-7-13(14)17/h4,6-7,11H,2-3,5,8-9H2,1H3. The summed E-state index contributed by atoms with van der Waals surface area (Å²) in [5.74, 6) is -0.806. The number of ketones is 1. The number of carbonyl (C=O) groups is 2. The molecule has 0 aliphatic carbocycles. The van der Waals surface area contributed by atoms with Gasteiger partial charge < -0.3 is 4.90 Å². The molecule has 1 aliphatic rings. The molecule has 1 saturated heterocycles. The second-order valence-electron chi connectivity index (χ2n) is 5.15. The van der Waals surface area contributed by atoms with Gasteiger partial charge >= 0.3 is 0 Å². The van der Waals surface area contributed by atoms with Crippen molar-refractivity contribution < 1.29 is 14.0 Å². The number of hydrogen-bond acceptors (Lipinski definition) is 2. The number of hydrogen-bond donors (Lipinski definition) is 0. The van der Waals surface area contributed by atoms with Crippen molar-refractivity contribution in [2.24, 2.45) is 0 Å².